The number of nitrogens with zero attached hydrogens (tertiary/aromatic N) is 3. The van der Waals surface area contributed by atoms with E-state index >= 15 is 0 Å². The van der Waals surface area contributed by atoms with Crippen molar-refractivity contribution in [2.45, 2.75) is 25.2 Å². The van der Waals surface area contributed by atoms with Gasteiger partial charge in [-0.15, -0.1) is 11.3 Å². The normalized spacial score (nSPS) is 13.3. The van der Waals surface area contributed by atoms with Crippen LogP contribution in [0.2, 0.25) is 0 Å². The van der Waals surface area contributed by atoms with Crippen LogP contribution < -0.4 is 14.9 Å². The third kappa shape index (κ3) is 5.37. The molecule has 0 unspecified atom stereocenters. The maximum Gasteiger partial charge on any atom is 0.274 e. The highest BCUT2D eigenvalue weighted by atomic mass is 32.2. The number of aromatic nitrogens is 2. The fraction of sp³-hybridized carbons (Fsp3) is 0.154. The predicted octanol–water partition coefficient (Wildman–Crippen LogP) is 4.38. The molecule has 0 atom stereocenters. The van der Waals surface area contributed by atoms with Crippen molar-refractivity contribution in [3.05, 3.63) is 91.7 Å². The Bertz CT molecular complexity index is 1650. The summed E-state index contributed by atoms with van der Waals surface area (Å²) in [5, 5.41) is 8.35. The third-order valence-electron chi connectivity index (χ3n) is 5.88. The molecule has 0 saturated heterocycles. The molecule has 0 saturated carbocycles. The van der Waals surface area contributed by atoms with Crippen LogP contribution in [0.15, 0.2) is 69.3 Å². The molecule has 4 aromatic rings. The van der Waals surface area contributed by atoms with E-state index < -0.39 is 10.0 Å². The number of sulfonamides is 1. The lowest BCUT2D eigenvalue weighted by Crippen LogP contribution is -2.37. The van der Waals surface area contributed by atoms with Gasteiger partial charge in [-0.25, -0.2) is 23.1 Å². The summed E-state index contributed by atoms with van der Waals surface area (Å²) in [6.45, 7) is 3.86. The number of fused-ring (bicyclic) bond motifs is 1. The maximum absolute atomic E-state index is 13.7. The van der Waals surface area contributed by atoms with Crippen LogP contribution in [-0.4, -0.2) is 36.7 Å². The summed E-state index contributed by atoms with van der Waals surface area (Å²) >= 11 is 2.77. The first-order valence-corrected chi connectivity index (χ1v) is 14.9. The summed E-state index contributed by atoms with van der Waals surface area (Å²) in [6.07, 6.45) is 3.61. The zero-order valence-corrected chi connectivity index (χ0v) is 22.9. The monoisotopic (exact) mass is 565 g/mol. The molecule has 2 N–H and O–H groups in total. The van der Waals surface area contributed by atoms with Crippen molar-refractivity contribution in [1.82, 2.24) is 15.3 Å². The van der Waals surface area contributed by atoms with Gasteiger partial charge in [0.2, 0.25) is 5.95 Å². The van der Waals surface area contributed by atoms with Gasteiger partial charge in [0.05, 0.1) is 15.5 Å². The number of carbonyl (C=O) groups excluding carboxylic acids is 2. The second-order valence-corrected chi connectivity index (χ2v) is 12.0. The zero-order chi connectivity index (χ0) is 26.9. The highest BCUT2D eigenvalue weighted by molar-refractivity contribution is 7.92. The Morgan fingerprint density at radius 3 is 2.68 bits per heavy atom. The number of rotatable bonds is 7. The van der Waals surface area contributed by atoms with Gasteiger partial charge in [-0.2, -0.15) is 11.3 Å². The number of thiophene rings is 2. The second-order valence-electron chi connectivity index (χ2n) is 8.63. The summed E-state index contributed by atoms with van der Waals surface area (Å²) in [5.74, 6) is -0.744. The number of anilines is 2. The van der Waals surface area contributed by atoms with Gasteiger partial charge in [-0.3, -0.25) is 9.59 Å². The minimum Gasteiger partial charge on any atom is -0.317 e. The lowest BCUT2D eigenvalue weighted by atomic mass is 10.1. The summed E-state index contributed by atoms with van der Waals surface area (Å²) in [5.41, 5.74) is 3.56. The molecule has 1 aromatic carbocycles. The minimum atomic E-state index is -3.95. The molecule has 1 aliphatic rings. The SMILES string of the molecule is Cc1ccnc(NS(=O)(=O)c2cc(C)c3c(c2)CCN3C(=O)/C(=C/c2ccsc2)NC(=O)c2cccs2)n1. The van der Waals surface area contributed by atoms with E-state index in [-0.39, 0.29) is 28.4 Å². The number of amides is 2. The molecule has 3 aromatic heterocycles. The van der Waals surface area contributed by atoms with Gasteiger partial charge in [0.25, 0.3) is 21.8 Å². The van der Waals surface area contributed by atoms with Crippen molar-refractivity contribution in [2.75, 3.05) is 16.2 Å². The van der Waals surface area contributed by atoms with Gasteiger partial charge in [0, 0.05) is 18.4 Å². The fourth-order valence-electron chi connectivity index (χ4n) is 4.19. The molecule has 0 bridgehead atoms. The molecule has 12 heteroatoms. The first-order valence-electron chi connectivity index (χ1n) is 11.6. The predicted molar refractivity (Wildman–Crippen MR) is 149 cm³/mol. The number of aryl methyl sites for hydroxylation is 2. The number of carbonyl (C=O) groups is 2. The maximum atomic E-state index is 13.7. The number of nitrogens with one attached hydrogen (secondary N) is 2. The van der Waals surface area contributed by atoms with Crippen LogP contribution in [-0.2, 0) is 21.2 Å². The van der Waals surface area contributed by atoms with Gasteiger partial charge in [0.15, 0.2) is 0 Å². The van der Waals surface area contributed by atoms with Crippen molar-refractivity contribution < 1.29 is 18.0 Å². The molecule has 9 nitrogen and oxygen atoms in total. The van der Waals surface area contributed by atoms with Crippen LogP contribution in [0, 0.1) is 13.8 Å². The van der Waals surface area contributed by atoms with Gasteiger partial charge < -0.3 is 10.2 Å². The van der Waals surface area contributed by atoms with Crippen LogP contribution in [0.5, 0.6) is 0 Å². The number of benzene rings is 1. The largest absolute Gasteiger partial charge is 0.317 e. The summed E-state index contributed by atoms with van der Waals surface area (Å²) in [4.78, 5) is 36.8. The van der Waals surface area contributed by atoms with Crippen LogP contribution in [0.25, 0.3) is 6.08 Å². The topological polar surface area (TPSA) is 121 Å². The Kier molecular flexibility index (Phi) is 7.11. The second kappa shape index (κ2) is 10.5. The quantitative estimate of drug-likeness (QED) is 0.321. The van der Waals surface area contributed by atoms with Crippen molar-refractivity contribution in [2.24, 2.45) is 0 Å². The molecule has 0 spiro atoms. The zero-order valence-electron chi connectivity index (χ0n) is 20.5. The smallest absolute Gasteiger partial charge is 0.274 e. The molecule has 38 heavy (non-hydrogen) atoms. The lowest BCUT2D eigenvalue weighted by Gasteiger charge is -2.22. The highest BCUT2D eigenvalue weighted by Crippen LogP contribution is 2.35. The molecule has 1 aliphatic heterocycles. The van der Waals surface area contributed by atoms with E-state index in [0.29, 0.717) is 34.8 Å². The molecular weight excluding hydrogens is 543 g/mol. The van der Waals surface area contributed by atoms with Gasteiger partial charge in [-0.05, 0) is 89.5 Å². The van der Waals surface area contributed by atoms with Crippen LogP contribution in [0.3, 0.4) is 0 Å². The molecule has 2 amide bonds. The Balaban J connectivity index is 1.45. The number of hydrogen-bond acceptors (Lipinski definition) is 8. The Morgan fingerprint density at radius 1 is 1.13 bits per heavy atom. The first-order chi connectivity index (χ1) is 18.2. The van der Waals surface area contributed by atoms with Crippen molar-refractivity contribution >= 4 is 62.2 Å². The summed E-state index contributed by atoms with van der Waals surface area (Å²) < 4.78 is 28.6. The van der Waals surface area contributed by atoms with Gasteiger partial charge in [-0.1, -0.05) is 6.07 Å². The van der Waals surface area contributed by atoms with E-state index in [9.17, 15) is 18.0 Å². The van der Waals surface area contributed by atoms with Crippen molar-refractivity contribution in [3.8, 4) is 0 Å². The van der Waals surface area contributed by atoms with Crippen molar-refractivity contribution in [3.63, 3.8) is 0 Å². The van der Waals surface area contributed by atoms with Crippen molar-refractivity contribution in [1.29, 1.82) is 0 Å². The van der Waals surface area contributed by atoms with E-state index in [4.69, 9.17) is 0 Å². The molecule has 0 radical (unpaired) electrons. The molecule has 0 fully saturated rings. The standard InChI is InChI=1S/C26H23N5O4S3/c1-16-12-20(38(34,35)30-26-27-8-5-17(2)28-26)14-19-6-9-31(23(16)19)25(33)21(13-18-7-11-36-15-18)29-24(32)22-4-3-10-37-22/h3-5,7-8,10-15H,6,9H2,1-2H3,(H,29,32)(H,27,28,30)/b21-13-. The lowest BCUT2D eigenvalue weighted by molar-refractivity contribution is -0.115. The molecule has 4 heterocycles. The Hall–Kier alpha value is -3.87. The third-order valence-corrected chi connectivity index (χ3v) is 8.76. The average molecular weight is 566 g/mol. The molecular formula is C26H23N5O4S3. The Morgan fingerprint density at radius 2 is 1.97 bits per heavy atom. The van der Waals surface area contributed by atoms with E-state index in [1.807, 2.05) is 16.8 Å². The minimum absolute atomic E-state index is 0.00959. The highest BCUT2D eigenvalue weighted by Gasteiger charge is 2.31. The van der Waals surface area contributed by atoms with Crippen LogP contribution >= 0.6 is 22.7 Å². The van der Waals surface area contributed by atoms with E-state index in [0.717, 1.165) is 11.1 Å². The molecule has 0 aliphatic carbocycles. The summed E-state index contributed by atoms with van der Waals surface area (Å²) in [6, 6.07) is 10.1. The van der Waals surface area contributed by atoms with Gasteiger partial charge >= 0.3 is 0 Å². The van der Waals surface area contributed by atoms with Gasteiger partial charge in [0.1, 0.15) is 5.70 Å². The fourth-order valence-corrected chi connectivity index (χ4v) is 6.51. The first kappa shape index (κ1) is 25.8. The summed E-state index contributed by atoms with van der Waals surface area (Å²) in [7, 11) is -3.95. The average Bonchev–Trinajstić information content (AvgIpc) is 3.65. The Labute approximate surface area is 227 Å². The van der Waals surface area contributed by atoms with Crippen LogP contribution in [0.4, 0.5) is 11.6 Å². The molecule has 194 valence electrons. The van der Waals surface area contributed by atoms with E-state index in [1.165, 1.54) is 34.9 Å². The number of hydrogen-bond donors (Lipinski definition) is 2. The molecule has 5 rings (SSSR count). The van der Waals surface area contributed by atoms with E-state index in [2.05, 4.69) is 20.0 Å². The van der Waals surface area contributed by atoms with E-state index in [1.54, 1.807) is 54.5 Å². The van der Waals surface area contributed by atoms with Crippen LogP contribution in [0.1, 0.15) is 32.1 Å².